The molecule has 0 radical (unpaired) electrons. The second-order valence-corrected chi connectivity index (χ2v) is 35.8. The highest BCUT2D eigenvalue weighted by Crippen LogP contribution is 2.27. The quantitative estimate of drug-likeness (QED) is 0.0142. The molecule has 9 aromatic carbocycles. The second-order valence-electron chi connectivity index (χ2n) is 35.8. The number of aromatic carboxylic acids is 1. The van der Waals surface area contributed by atoms with Crippen LogP contribution in [0.15, 0.2) is 269 Å². The number of carbonyl (C=O) groups excluding carboxylic acids is 6. The number of alkyl carbamates (subject to hydrolysis) is 6. The number of hydrogen-bond acceptors (Lipinski definition) is 27. The number of pyridine rings is 1. The molecule has 13 N–H and O–H groups in total. The number of aromatic nitrogens is 7. The number of aliphatic carboxylic acids is 1. The largest absolute Gasteiger partial charge is 0.494 e. The minimum Gasteiger partial charge on any atom is -0.494 e. The maximum atomic E-state index is 13.8. The molecule has 776 valence electrons. The van der Waals surface area contributed by atoms with Gasteiger partial charge in [0.05, 0.1) is 93.8 Å². The number of anilines is 1. The minimum atomic E-state index is -1.33. The molecule has 0 aliphatic heterocycles. The molecule has 0 spiro atoms. The van der Waals surface area contributed by atoms with Gasteiger partial charge in [0, 0.05) is 44.3 Å². The van der Waals surface area contributed by atoms with E-state index in [0.29, 0.717) is 111 Å². The second kappa shape index (κ2) is 55.6. The van der Waals surface area contributed by atoms with Gasteiger partial charge in [-0.05, 0) is 248 Å². The van der Waals surface area contributed by atoms with Gasteiger partial charge in [0.2, 0.25) is 0 Å². The number of nitrogen functional groups attached to an aromatic ring is 1. The molecule has 0 saturated heterocycles. The van der Waals surface area contributed by atoms with Crippen LogP contribution in [0.3, 0.4) is 0 Å². The number of fused-ring (bicyclic) bond motifs is 3. The summed E-state index contributed by atoms with van der Waals surface area (Å²) in [7, 11) is 0. The van der Waals surface area contributed by atoms with E-state index < -0.39 is 95.1 Å². The third-order valence-electron chi connectivity index (χ3n) is 19.8. The smallest absolute Gasteiger partial charge is 0.408 e. The topological polar surface area (TPSA) is 514 Å². The molecule has 13 rings (SSSR count). The van der Waals surface area contributed by atoms with Gasteiger partial charge in [0.25, 0.3) is 16.7 Å². The summed E-state index contributed by atoms with van der Waals surface area (Å²) >= 11 is 0. The number of para-hydroxylation sites is 4. The van der Waals surface area contributed by atoms with Gasteiger partial charge < -0.3 is 102 Å². The first-order valence-electron chi connectivity index (χ1n) is 46.2. The molecule has 0 saturated carbocycles. The van der Waals surface area contributed by atoms with Gasteiger partial charge in [-0.1, -0.05) is 130 Å². The number of rotatable bonds is 31. The van der Waals surface area contributed by atoms with Crippen molar-refractivity contribution in [1.82, 2.24) is 70.9 Å². The van der Waals surface area contributed by atoms with Gasteiger partial charge in [-0.25, -0.2) is 53.3 Å². The number of hydrogen-bond donors (Lipinski definition) is 11. The number of benzene rings is 9. The van der Waals surface area contributed by atoms with Crippen molar-refractivity contribution in [2.45, 2.75) is 185 Å². The van der Waals surface area contributed by atoms with Crippen LogP contribution in [0.2, 0.25) is 0 Å². The molecular weight excluding hydrogens is 1870 g/mol. The Morgan fingerprint density at radius 1 is 0.377 bits per heavy atom. The number of nitrogens with one attached hydrogen (secondary N) is 7. The molecule has 4 heterocycles. The summed E-state index contributed by atoms with van der Waals surface area (Å²) in [6.45, 7) is 28.5. The molecule has 0 bridgehead atoms. The molecule has 0 aliphatic rings. The monoisotopic (exact) mass is 2000 g/mol. The van der Waals surface area contributed by atoms with E-state index in [1.807, 2.05) is 118 Å². The van der Waals surface area contributed by atoms with Crippen LogP contribution < -0.4 is 79.6 Å². The van der Waals surface area contributed by atoms with Gasteiger partial charge in [-0.3, -0.25) is 33.1 Å². The number of amides is 6. The summed E-state index contributed by atoms with van der Waals surface area (Å²) in [6, 6.07) is 67.4. The fourth-order valence-electron chi connectivity index (χ4n) is 13.5. The van der Waals surface area contributed by atoms with Crippen LogP contribution in [0.25, 0.3) is 49.8 Å². The normalized spacial score (nSPS) is 11.8. The lowest BCUT2D eigenvalue weighted by Gasteiger charge is -2.25. The molecule has 4 atom stereocenters. The van der Waals surface area contributed by atoms with Crippen molar-refractivity contribution in [1.29, 1.82) is 0 Å². The van der Waals surface area contributed by atoms with Gasteiger partial charge >= 0.3 is 48.5 Å². The first kappa shape index (κ1) is 116. The average molecular weight is 2010 g/mol. The Morgan fingerprint density at radius 3 is 1.06 bits per heavy atom. The van der Waals surface area contributed by atoms with Crippen molar-refractivity contribution >= 4 is 86.9 Å². The molecular formula is C108H132N16O22. The van der Waals surface area contributed by atoms with Crippen LogP contribution in [0.1, 0.15) is 181 Å². The van der Waals surface area contributed by atoms with Crippen molar-refractivity contribution in [3.8, 4) is 34.3 Å². The summed E-state index contributed by atoms with van der Waals surface area (Å²) in [5, 5.41) is 37.8. The Bertz CT molecular complexity index is 6650. The molecule has 0 fully saturated rings. The van der Waals surface area contributed by atoms with E-state index in [1.54, 1.807) is 240 Å². The maximum absolute atomic E-state index is 13.8. The fraction of sp³-hybridized carbons (Fsp3) is 0.324. The molecule has 38 nitrogen and oxygen atoms in total. The zero-order chi connectivity index (χ0) is 105. The van der Waals surface area contributed by atoms with Gasteiger partial charge in [0.1, 0.15) is 82.4 Å². The number of carboxylic acid groups (broad SMARTS) is 2. The molecule has 6 amide bonds. The Balaban J connectivity index is 0.000000258. The predicted octanol–water partition coefficient (Wildman–Crippen LogP) is 17.3. The Kier molecular flexibility index (Phi) is 44.2. The van der Waals surface area contributed by atoms with Crippen LogP contribution in [-0.2, 0) is 53.0 Å². The summed E-state index contributed by atoms with van der Waals surface area (Å²) in [4.78, 5) is 154. The van der Waals surface area contributed by atoms with E-state index >= 15 is 0 Å². The van der Waals surface area contributed by atoms with Gasteiger partial charge in [-0.15, -0.1) is 0 Å². The van der Waals surface area contributed by atoms with Crippen molar-refractivity contribution in [3.63, 3.8) is 0 Å². The van der Waals surface area contributed by atoms with E-state index in [4.69, 9.17) is 74.3 Å². The van der Waals surface area contributed by atoms with Crippen molar-refractivity contribution in [2.24, 2.45) is 5.73 Å². The summed E-state index contributed by atoms with van der Waals surface area (Å²) in [5.41, 5.74) is 14.5. The molecule has 13 aromatic rings. The molecule has 0 aliphatic carbocycles. The van der Waals surface area contributed by atoms with Crippen LogP contribution in [0.4, 0.5) is 34.5 Å². The van der Waals surface area contributed by atoms with Crippen molar-refractivity contribution < 1.29 is 91.2 Å². The highest BCUT2D eigenvalue weighted by atomic mass is 16.6. The molecule has 0 unspecified atom stereocenters. The lowest BCUT2D eigenvalue weighted by molar-refractivity contribution is -0.139. The number of nitrogens with zero attached hydrogens (tertiary/aromatic N) is 7. The Labute approximate surface area is 847 Å². The van der Waals surface area contributed by atoms with Crippen LogP contribution in [0, 0.1) is 0 Å². The fourth-order valence-corrected chi connectivity index (χ4v) is 13.5. The number of nitrogens with two attached hydrogens (primary N) is 2. The summed E-state index contributed by atoms with van der Waals surface area (Å²) in [6.07, 6.45) is -0.758. The van der Waals surface area contributed by atoms with E-state index in [9.17, 15) is 52.7 Å². The number of carboxylic acids is 2. The average Bonchev–Trinajstić information content (AvgIpc) is 0.772. The van der Waals surface area contributed by atoms with E-state index in [-0.39, 0.29) is 82.3 Å². The minimum absolute atomic E-state index is 0. The van der Waals surface area contributed by atoms with E-state index in [2.05, 4.69) is 47.2 Å². The SMILES string of the molecule is C.C.CC(C)(C)OC(=O)NC[C@@H](NC(=O)OCc1ccccc1)C(=O)O.CCOc1ccc(-n2c([C@@H](CNC(=O)OC(C)(C)C)NC(=O)OCc3ccccc3)nc3ccccc3c2=O)cc1.CCOc1ccc(-n2c([C@@H](CNC(=O)OC(C)(C)C)NCc3cccnc3)nc3ccccc3c2=O)cc1.CCOc1ccc(-n2c([C@H](N)CNC(=O)OC(C)(C)C)nc3ccccc3c2=O)cc1.Nc1ccccc1C(=O)O. The number of ether oxygens (including phenoxy) is 9. The van der Waals surface area contributed by atoms with Gasteiger partial charge in [-0.2, -0.15) is 0 Å². The standard InChI is InChI=1S/C31H34N4O6.C29H33N5O4.C23H28N4O4.C16H22N2O6.C7H7NO2.2CH4/c1-5-39-23-17-15-22(16-18-23)35-27(33-25-14-10-9-13-24(25)28(35)36)26(19-32-29(37)41-31(2,3)4)34-30(38)40-20-21-11-7-6-8-12-21;1-5-37-22-14-12-21(13-15-22)34-26(33-24-11-7-6-10-23(24)27(34)35)25(19-32-28(36)38-29(2,3)4)31-18-20-9-8-16-30-17-20;1-5-30-16-12-10-15(11-13-16)27-20(18(24)14-25-22(29)31-23(2,3)4)26-19-9-7-6-8-17(19)21(27)28;1-16(2,3)24-14(21)17-9-12(13(19)20)18-15(22)23-10-11-7-5-4-6-8-11;8-6-4-2-1-3-5(6)7(9)10;;/h6-18,26H,5,19-20H2,1-4H3,(H,32,37)(H,34,38);6-17,25,31H,5,18-19H2,1-4H3,(H,32,36);6-13,18H,5,14,24H2,1-4H3,(H,25,29);4-8,12H,9-10H2,1-3H3,(H,17,21)(H,18,22)(H,19,20);1-4H,8H2,(H,9,10);2*1H4/t26-;25-;18-;12-;;;/m1111.../s1. The predicted molar refractivity (Wildman–Crippen MR) is 558 cm³/mol. The third kappa shape index (κ3) is 37.3. The Hall–Kier alpha value is -16.8. The van der Waals surface area contributed by atoms with Gasteiger partial charge in [0.15, 0.2) is 0 Å². The highest BCUT2D eigenvalue weighted by molar-refractivity contribution is 5.93. The van der Waals surface area contributed by atoms with Crippen LogP contribution in [-0.4, -0.2) is 167 Å². The first-order valence-corrected chi connectivity index (χ1v) is 46.2. The maximum Gasteiger partial charge on any atom is 0.408 e. The highest BCUT2D eigenvalue weighted by Gasteiger charge is 2.31. The summed E-state index contributed by atoms with van der Waals surface area (Å²) in [5.74, 6) is 0.751. The van der Waals surface area contributed by atoms with E-state index in [0.717, 1.165) is 16.7 Å². The number of carbonyl (C=O) groups is 8. The lowest BCUT2D eigenvalue weighted by Crippen LogP contribution is -2.49. The first-order chi connectivity index (χ1) is 68.5. The van der Waals surface area contributed by atoms with E-state index in [1.165, 1.54) is 15.2 Å². The zero-order valence-corrected chi connectivity index (χ0v) is 83.0. The molecule has 4 aromatic heterocycles. The van der Waals surface area contributed by atoms with Crippen LogP contribution >= 0.6 is 0 Å². The third-order valence-corrected chi connectivity index (χ3v) is 19.8. The van der Waals surface area contributed by atoms with Crippen molar-refractivity contribution in [2.75, 3.05) is 51.7 Å². The summed E-state index contributed by atoms with van der Waals surface area (Å²) < 4.78 is 52.6. The van der Waals surface area contributed by atoms with Crippen LogP contribution in [0.5, 0.6) is 17.2 Å². The molecule has 38 heteroatoms. The Morgan fingerprint density at radius 2 is 0.705 bits per heavy atom. The zero-order valence-electron chi connectivity index (χ0n) is 83.0. The molecule has 146 heavy (non-hydrogen) atoms. The van der Waals surface area contributed by atoms with Crippen molar-refractivity contribution in [3.05, 3.63) is 326 Å². The lowest BCUT2D eigenvalue weighted by atomic mass is 10.1.